The second-order valence-electron chi connectivity index (χ2n) is 5.74. The summed E-state index contributed by atoms with van der Waals surface area (Å²) < 4.78 is 4.95. The van der Waals surface area contributed by atoms with Gasteiger partial charge in [0.2, 0.25) is 0 Å². The second-order valence-corrected chi connectivity index (χ2v) is 6.17. The Morgan fingerprint density at radius 2 is 1.78 bits per heavy atom. The Hall–Kier alpha value is -2.13. The number of benzene rings is 2. The maximum Gasteiger partial charge on any atom is 0.333 e. The first-order chi connectivity index (χ1) is 10.9. The molecule has 0 aliphatic carbocycles. The van der Waals surface area contributed by atoms with Gasteiger partial charge < -0.3 is 4.74 Å². The molecule has 4 heteroatoms. The van der Waals surface area contributed by atoms with Gasteiger partial charge in [0.05, 0.1) is 7.11 Å². The zero-order valence-electron chi connectivity index (χ0n) is 13.5. The highest BCUT2D eigenvalue weighted by atomic mass is 35.5. The predicted molar refractivity (Wildman–Crippen MR) is 94.4 cm³/mol. The number of aryl methyl sites for hydroxylation is 1. The van der Waals surface area contributed by atoms with E-state index in [1.54, 1.807) is 25.3 Å². The van der Waals surface area contributed by atoms with Gasteiger partial charge in [-0.2, -0.15) is 0 Å². The quantitative estimate of drug-likeness (QED) is 0.608. The topological polar surface area (TPSA) is 38.7 Å². The van der Waals surface area contributed by atoms with Crippen LogP contribution in [0.3, 0.4) is 0 Å². The molecule has 3 nitrogen and oxygen atoms in total. The van der Waals surface area contributed by atoms with Crippen LogP contribution in [0.4, 0.5) is 0 Å². The van der Waals surface area contributed by atoms with Crippen LogP contribution >= 0.6 is 11.6 Å². The van der Waals surface area contributed by atoms with Crippen molar-refractivity contribution in [3.63, 3.8) is 0 Å². The van der Waals surface area contributed by atoms with Gasteiger partial charge in [-0.15, -0.1) is 0 Å². The summed E-state index contributed by atoms with van der Waals surface area (Å²) in [6.45, 7) is 3.81. The number of hydrogen-bond donors (Lipinski definition) is 0. The van der Waals surface area contributed by atoms with Gasteiger partial charge in [0.15, 0.2) is 5.54 Å². The number of ether oxygens (including phenoxy) is 1. The van der Waals surface area contributed by atoms with Gasteiger partial charge in [0.1, 0.15) is 0 Å². The molecule has 2 aromatic rings. The number of halogens is 1. The zero-order chi connectivity index (χ0) is 16.9. The van der Waals surface area contributed by atoms with Crippen molar-refractivity contribution in [1.82, 2.24) is 0 Å². The average Bonchev–Trinajstić information content (AvgIpc) is 2.56. The number of hydrogen-bond acceptors (Lipinski definition) is 3. The van der Waals surface area contributed by atoms with Crippen molar-refractivity contribution >= 4 is 23.8 Å². The number of methoxy groups -OCH3 is 1. The molecule has 0 unspecified atom stereocenters. The van der Waals surface area contributed by atoms with Crippen LogP contribution in [0.25, 0.3) is 0 Å². The number of esters is 1. The molecule has 0 aliphatic heterocycles. The maximum atomic E-state index is 12.2. The molecule has 0 bridgehead atoms. The smallest absolute Gasteiger partial charge is 0.333 e. The summed E-state index contributed by atoms with van der Waals surface area (Å²) in [5, 5.41) is 0.664. The number of carbonyl (C=O) groups excluding carboxylic acids is 1. The van der Waals surface area contributed by atoms with Crippen molar-refractivity contribution in [1.29, 1.82) is 0 Å². The monoisotopic (exact) mass is 329 g/mol. The van der Waals surface area contributed by atoms with E-state index in [0.717, 1.165) is 11.1 Å². The Morgan fingerprint density at radius 1 is 1.17 bits per heavy atom. The fourth-order valence-corrected chi connectivity index (χ4v) is 2.39. The Labute approximate surface area is 142 Å². The van der Waals surface area contributed by atoms with Crippen LogP contribution in [-0.2, 0) is 16.0 Å². The number of carbonyl (C=O) groups is 1. The summed E-state index contributed by atoms with van der Waals surface area (Å²) in [4.78, 5) is 16.7. The average molecular weight is 330 g/mol. The summed E-state index contributed by atoms with van der Waals surface area (Å²) in [6, 6.07) is 15.4. The van der Waals surface area contributed by atoms with Crippen molar-refractivity contribution in [3.05, 3.63) is 70.2 Å². The Morgan fingerprint density at radius 3 is 2.35 bits per heavy atom. The van der Waals surface area contributed by atoms with Crippen LogP contribution in [0, 0.1) is 6.92 Å². The van der Waals surface area contributed by atoms with E-state index < -0.39 is 5.54 Å². The minimum absolute atomic E-state index is 0.358. The van der Waals surface area contributed by atoms with Gasteiger partial charge in [-0.05, 0) is 37.1 Å². The molecule has 0 amide bonds. The maximum absolute atomic E-state index is 12.2. The van der Waals surface area contributed by atoms with Gasteiger partial charge >= 0.3 is 5.97 Å². The number of aliphatic imine (C=N–C) groups is 1. The molecule has 0 saturated heterocycles. The summed E-state index contributed by atoms with van der Waals surface area (Å²) in [5.74, 6) is -0.358. The first-order valence-corrected chi connectivity index (χ1v) is 7.75. The normalized spacial score (nSPS) is 13.7. The molecule has 2 aromatic carbocycles. The molecule has 0 fully saturated rings. The third-order valence-electron chi connectivity index (χ3n) is 3.66. The van der Waals surface area contributed by atoms with E-state index in [2.05, 4.69) is 4.99 Å². The molecule has 0 heterocycles. The lowest BCUT2D eigenvalue weighted by molar-refractivity contribution is -0.146. The van der Waals surface area contributed by atoms with Gasteiger partial charge in [-0.25, -0.2) is 4.79 Å². The van der Waals surface area contributed by atoms with Crippen LogP contribution < -0.4 is 0 Å². The molecular weight excluding hydrogens is 310 g/mol. The lowest BCUT2D eigenvalue weighted by Gasteiger charge is -2.22. The molecule has 1 atom stereocenters. The second kappa shape index (κ2) is 7.42. The molecule has 0 radical (unpaired) electrons. The van der Waals surface area contributed by atoms with Crippen LogP contribution in [-0.4, -0.2) is 24.8 Å². The van der Waals surface area contributed by atoms with Crippen LogP contribution in [0.5, 0.6) is 0 Å². The highest BCUT2D eigenvalue weighted by Gasteiger charge is 2.33. The molecule has 0 spiro atoms. The van der Waals surface area contributed by atoms with Crippen molar-refractivity contribution in [2.75, 3.05) is 7.11 Å². The molecule has 0 N–H and O–H groups in total. The summed E-state index contributed by atoms with van der Waals surface area (Å²) in [5.41, 5.74) is 2.13. The Bertz CT molecular complexity index is 692. The third kappa shape index (κ3) is 4.67. The summed E-state index contributed by atoms with van der Waals surface area (Å²) >= 11 is 5.88. The van der Waals surface area contributed by atoms with Crippen molar-refractivity contribution in [2.24, 2.45) is 4.99 Å². The highest BCUT2D eigenvalue weighted by molar-refractivity contribution is 6.30. The number of nitrogens with zero attached hydrogens (tertiary/aromatic N) is 1. The lowest BCUT2D eigenvalue weighted by Crippen LogP contribution is -2.37. The van der Waals surface area contributed by atoms with Gasteiger partial charge in [0.25, 0.3) is 0 Å². The van der Waals surface area contributed by atoms with E-state index >= 15 is 0 Å². The van der Waals surface area contributed by atoms with Gasteiger partial charge in [-0.3, -0.25) is 4.99 Å². The first-order valence-electron chi connectivity index (χ1n) is 7.38. The first kappa shape index (κ1) is 17.2. The van der Waals surface area contributed by atoms with Gasteiger partial charge in [0, 0.05) is 17.7 Å². The standard InChI is InChI=1S/C19H20ClNO2/c1-14-4-6-15(7-5-14)12-19(2,18(22)23-3)21-13-16-8-10-17(20)11-9-16/h4-11,13H,12H2,1-3H3/t19-/m0/s1. The predicted octanol–water partition coefficient (Wildman–Crippen LogP) is 4.24. The van der Waals surface area contributed by atoms with Crippen molar-refractivity contribution in [3.8, 4) is 0 Å². The summed E-state index contributed by atoms with van der Waals surface area (Å²) in [6.07, 6.45) is 2.16. The van der Waals surface area contributed by atoms with Crippen molar-refractivity contribution in [2.45, 2.75) is 25.8 Å². The lowest BCUT2D eigenvalue weighted by atomic mass is 9.93. The van der Waals surface area contributed by atoms with E-state index in [0.29, 0.717) is 11.4 Å². The van der Waals surface area contributed by atoms with Crippen LogP contribution in [0.15, 0.2) is 53.5 Å². The fourth-order valence-electron chi connectivity index (χ4n) is 2.26. The largest absolute Gasteiger partial charge is 0.467 e. The van der Waals surface area contributed by atoms with Crippen molar-refractivity contribution < 1.29 is 9.53 Å². The highest BCUT2D eigenvalue weighted by Crippen LogP contribution is 2.20. The molecule has 0 saturated carbocycles. The molecule has 2 rings (SSSR count). The zero-order valence-corrected chi connectivity index (χ0v) is 14.3. The minimum atomic E-state index is -0.969. The van der Waals surface area contributed by atoms with E-state index in [4.69, 9.17) is 16.3 Å². The Balaban J connectivity index is 2.25. The molecule has 23 heavy (non-hydrogen) atoms. The fraction of sp³-hybridized carbons (Fsp3) is 0.263. The molecular formula is C19H20ClNO2. The summed E-state index contributed by atoms with van der Waals surface area (Å²) in [7, 11) is 1.38. The van der Waals surface area contributed by atoms with Gasteiger partial charge in [-0.1, -0.05) is 53.6 Å². The third-order valence-corrected chi connectivity index (χ3v) is 3.91. The van der Waals surface area contributed by atoms with Crippen LogP contribution in [0.1, 0.15) is 23.6 Å². The van der Waals surface area contributed by atoms with E-state index in [1.165, 1.54) is 12.7 Å². The van der Waals surface area contributed by atoms with E-state index in [1.807, 2.05) is 43.3 Å². The molecule has 0 aromatic heterocycles. The SMILES string of the molecule is COC(=O)[C@](C)(Cc1ccc(C)cc1)N=Cc1ccc(Cl)cc1. The van der Waals surface area contributed by atoms with Crippen LogP contribution in [0.2, 0.25) is 5.02 Å². The minimum Gasteiger partial charge on any atom is -0.467 e. The van der Waals surface area contributed by atoms with E-state index in [9.17, 15) is 4.79 Å². The number of rotatable bonds is 5. The molecule has 0 aliphatic rings. The van der Waals surface area contributed by atoms with E-state index in [-0.39, 0.29) is 5.97 Å². The molecule has 120 valence electrons. The Kier molecular flexibility index (Phi) is 5.56.